The van der Waals surface area contributed by atoms with Crippen molar-refractivity contribution in [2.45, 2.75) is 17.7 Å². The summed E-state index contributed by atoms with van der Waals surface area (Å²) < 4.78 is 26.7. The van der Waals surface area contributed by atoms with E-state index in [9.17, 15) is 18.0 Å². The number of benzene rings is 3. The van der Waals surface area contributed by atoms with Crippen molar-refractivity contribution in [1.82, 2.24) is 0 Å². The number of amides is 2. The summed E-state index contributed by atoms with van der Waals surface area (Å²) >= 11 is 0. The summed E-state index contributed by atoms with van der Waals surface area (Å²) in [6, 6.07) is 21.7. The number of rotatable bonds is 6. The first kappa shape index (κ1) is 21.6. The van der Waals surface area contributed by atoms with Crippen molar-refractivity contribution in [1.29, 1.82) is 0 Å². The van der Waals surface area contributed by atoms with E-state index >= 15 is 0 Å². The van der Waals surface area contributed by atoms with E-state index < -0.39 is 10.0 Å². The third kappa shape index (κ3) is 4.36. The Hall–Kier alpha value is -3.65. The number of hydrogen-bond donors (Lipinski definition) is 1. The molecule has 7 nitrogen and oxygen atoms in total. The molecule has 4 rings (SSSR count). The van der Waals surface area contributed by atoms with E-state index in [0.717, 1.165) is 12.1 Å². The minimum atomic E-state index is -3.69. The summed E-state index contributed by atoms with van der Waals surface area (Å²) in [5, 5.41) is 2.83. The van der Waals surface area contributed by atoms with E-state index in [1.807, 2.05) is 6.07 Å². The maximum atomic E-state index is 12.8. The monoisotopic (exact) mass is 449 g/mol. The standard InChI is InChI=1S/C24H23N3O4S/c1-26(32(30,31)22-9-3-2-4-10-22)20-14-12-18(13-15-20)24(29)25-19-7-5-8-21(17-19)27-16-6-11-23(27)28/h2-5,7-10,12-15,17H,6,11,16H2,1H3,(H,25,29). The van der Waals surface area contributed by atoms with Gasteiger partial charge in [0.05, 0.1) is 10.6 Å². The number of sulfonamides is 1. The Kier molecular flexibility index (Phi) is 5.96. The van der Waals surface area contributed by atoms with Crippen molar-refractivity contribution >= 4 is 38.9 Å². The van der Waals surface area contributed by atoms with Gasteiger partial charge in [0, 0.05) is 37.0 Å². The summed E-state index contributed by atoms with van der Waals surface area (Å²) in [5.41, 5.74) is 2.18. The maximum Gasteiger partial charge on any atom is 0.264 e. The first-order valence-corrected chi connectivity index (χ1v) is 11.7. The maximum absolute atomic E-state index is 12.8. The van der Waals surface area contributed by atoms with Gasteiger partial charge in [0.15, 0.2) is 0 Å². The molecule has 3 aromatic rings. The molecule has 1 heterocycles. The molecule has 1 aliphatic rings. The van der Waals surface area contributed by atoms with Crippen LogP contribution in [0.15, 0.2) is 83.8 Å². The quantitative estimate of drug-likeness (QED) is 0.619. The molecular weight excluding hydrogens is 426 g/mol. The SMILES string of the molecule is CN(c1ccc(C(=O)Nc2cccc(N3CCCC3=O)c2)cc1)S(=O)(=O)c1ccccc1. The highest BCUT2D eigenvalue weighted by atomic mass is 32.2. The van der Waals surface area contributed by atoms with Crippen molar-refractivity contribution < 1.29 is 18.0 Å². The molecule has 0 spiro atoms. The lowest BCUT2D eigenvalue weighted by Crippen LogP contribution is -2.26. The minimum Gasteiger partial charge on any atom is -0.322 e. The van der Waals surface area contributed by atoms with Gasteiger partial charge in [-0.2, -0.15) is 0 Å². The molecule has 0 atom stereocenters. The van der Waals surface area contributed by atoms with E-state index in [-0.39, 0.29) is 16.7 Å². The highest BCUT2D eigenvalue weighted by Gasteiger charge is 2.23. The predicted molar refractivity (Wildman–Crippen MR) is 124 cm³/mol. The normalized spacial score (nSPS) is 13.8. The second kappa shape index (κ2) is 8.84. The number of nitrogens with zero attached hydrogens (tertiary/aromatic N) is 2. The molecule has 32 heavy (non-hydrogen) atoms. The van der Waals surface area contributed by atoms with Gasteiger partial charge in [-0.1, -0.05) is 24.3 Å². The lowest BCUT2D eigenvalue weighted by Gasteiger charge is -2.20. The Morgan fingerprint density at radius 1 is 0.969 bits per heavy atom. The van der Waals surface area contributed by atoms with E-state index in [0.29, 0.717) is 29.9 Å². The third-order valence-electron chi connectivity index (χ3n) is 5.38. The summed E-state index contributed by atoms with van der Waals surface area (Å²) in [6.07, 6.45) is 1.37. The average Bonchev–Trinajstić information content (AvgIpc) is 3.25. The molecule has 1 fully saturated rings. The van der Waals surface area contributed by atoms with Gasteiger partial charge < -0.3 is 10.2 Å². The molecule has 0 aromatic heterocycles. The van der Waals surface area contributed by atoms with Crippen LogP contribution in [-0.2, 0) is 14.8 Å². The van der Waals surface area contributed by atoms with Gasteiger partial charge in [0.25, 0.3) is 15.9 Å². The molecule has 0 saturated carbocycles. The lowest BCUT2D eigenvalue weighted by atomic mass is 10.2. The summed E-state index contributed by atoms with van der Waals surface area (Å²) in [5.74, 6) is -0.242. The summed E-state index contributed by atoms with van der Waals surface area (Å²) in [4.78, 5) is 26.6. The fraction of sp³-hybridized carbons (Fsp3) is 0.167. The number of anilines is 3. The molecule has 0 unspecified atom stereocenters. The van der Waals surface area contributed by atoms with E-state index in [4.69, 9.17) is 0 Å². The van der Waals surface area contributed by atoms with Crippen molar-refractivity contribution in [3.63, 3.8) is 0 Å². The van der Waals surface area contributed by atoms with Gasteiger partial charge in [-0.15, -0.1) is 0 Å². The molecule has 1 N–H and O–H groups in total. The van der Waals surface area contributed by atoms with E-state index in [1.54, 1.807) is 65.6 Å². The van der Waals surface area contributed by atoms with Crippen molar-refractivity contribution in [3.05, 3.63) is 84.4 Å². The van der Waals surface area contributed by atoms with Gasteiger partial charge >= 0.3 is 0 Å². The molecule has 8 heteroatoms. The van der Waals surface area contributed by atoms with Crippen LogP contribution in [0.25, 0.3) is 0 Å². The van der Waals surface area contributed by atoms with Crippen LogP contribution >= 0.6 is 0 Å². The van der Waals surface area contributed by atoms with Gasteiger partial charge in [0.1, 0.15) is 0 Å². The van der Waals surface area contributed by atoms with Gasteiger partial charge in [0.2, 0.25) is 5.91 Å². The summed E-state index contributed by atoms with van der Waals surface area (Å²) in [6.45, 7) is 0.678. The van der Waals surface area contributed by atoms with Crippen LogP contribution in [0.3, 0.4) is 0 Å². The Morgan fingerprint density at radius 3 is 2.34 bits per heavy atom. The molecule has 3 aromatic carbocycles. The zero-order valence-corrected chi connectivity index (χ0v) is 18.4. The highest BCUT2D eigenvalue weighted by molar-refractivity contribution is 7.92. The molecule has 164 valence electrons. The smallest absolute Gasteiger partial charge is 0.264 e. The number of carbonyl (C=O) groups is 2. The zero-order valence-electron chi connectivity index (χ0n) is 17.6. The van der Waals surface area contributed by atoms with E-state index in [2.05, 4.69) is 5.32 Å². The molecule has 0 radical (unpaired) electrons. The Morgan fingerprint density at radius 2 is 1.69 bits per heavy atom. The third-order valence-corrected chi connectivity index (χ3v) is 7.18. The van der Waals surface area contributed by atoms with Crippen molar-refractivity contribution in [2.75, 3.05) is 28.1 Å². The first-order valence-electron chi connectivity index (χ1n) is 10.2. The zero-order chi connectivity index (χ0) is 22.7. The van der Waals surface area contributed by atoms with Crippen LogP contribution in [0, 0.1) is 0 Å². The molecular formula is C24H23N3O4S. The van der Waals surface area contributed by atoms with Crippen molar-refractivity contribution in [2.24, 2.45) is 0 Å². The molecule has 0 bridgehead atoms. The largest absolute Gasteiger partial charge is 0.322 e. The number of hydrogen-bond acceptors (Lipinski definition) is 4. The minimum absolute atomic E-state index is 0.0821. The van der Waals surface area contributed by atoms with Crippen molar-refractivity contribution in [3.8, 4) is 0 Å². The first-order chi connectivity index (χ1) is 15.4. The number of nitrogens with one attached hydrogen (secondary N) is 1. The Bertz CT molecular complexity index is 1240. The van der Waals surface area contributed by atoms with Crippen LogP contribution in [0.1, 0.15) is 23.2 Å². The summed E-state index contributed by atoms with van der Waals surface area (Å²) in [7, 11) is -2.22. The van der Waals surface area contributed by atoms with Crippen LogP contribution in [-0.4, -0.2) is 33.8 Å². The Balaban J connectivity index is 1.47. The fourth-order valence-electron chi connectivity index (χ4n) is 3.59. The van der Waals surface area contributed by atoms with Crippen LogP contribution in [0.2, 0.25) is 0 Å². The van der Waals surface area contributed by atoms with E-state index in [1.165, 1.54) is 23.5 Å². The Labute approximate surface area is 187 Å². The topological polar surface area (TPSA) is 86.8 Å². The number of carbonyl (C=O) groups excluding carboxylic acids is 2. The highest BCUT2D eigenvalue weighted by Crippen LogP contribution is 2.25. The van der Waals surface area contributed by atoms with Gasteiger partial charge in [-0.05, 0) is 61.0 Å². The van der Waals surface area contributed by atoms with Crippen LogP contribution in [0.4, 0.5) is 17.1 Å². The van der Waals surface area contributed by atoms with Gasteiger partial charge in [-0.25, -0.2) is 8.42 Å². The molecule has 1 aliphatic heterocycles. The molecule has 2 amide bonds. The molecule has 1 saturated heterocycles. The second-order valence-electron chi connectivity index (χ2n) is 7.49. The van der Waals surface area contributed by atoms with Crippen LogP contribution in [0.5, 0.6) is 0 Å². The fourth-order valence-corrected chi connectivity index (χ4v) is 4.80. The average molecular weight is 450 g/mol. The second-order valence-corrected chi connectivity index (χ2v) is 9.46. The van der Waals surface area contributed by atoms with Gasteiger partial charge in [-0.3, -0.25) is 13.9 Å². The lowest BCUT2D eigenvalue weighted by molar-refractivity contribution is -0.117. The predicted octanol–water partition coefficient (Wildman–Crippen LogP) is 3.89. The van der Waals surface area contributed by atoms with Crippen LogP contribution < -0.4 is 14.5 Å². The molecule has 0 aliphatic carbocycles.